The number of aromatic carboxylic acids is 1. The SMILES string of the molecule is CCOc1cc2c(c3c1OC(C)(C)C3)C(c1ccc(C(=O)[O-])c(N(Cc3ccc(OC)cc3)C(=O)C(F)(F)F)c1)=NC(C)(C)C2. The van der Waals surface area contributed by atoms with Gasteiger partial charge in [0.2, 0.25) is 0 Å². The van der Waals surface area contributed by atoms with Gasteiger partial charge < -0.3 is 24.1 Å². The second-order valence-corrected chi connectivity index (χ2v) is 12.4. The third-order valence-corrected chi connectivity index (χ3v) is 7.75. The maximum atomic E-state index is 14.0. The van der Waals surface area contributed by atoms with Gasteiger partial charge in [0.1, 0.15) is 11.4 Å². The molecule has 0 atom stereocenters. The number of anilines is 1. The molecule has 2 aliphatic rings. The number of aliphatic imine (C=N–C) groups is 1. The molecule has 0 aromatic heterocycles. The van der Waals surface area contributed by atoms with Crippen LogP contribution in [-0.2, 0) is 24.2 Å². The average molecular weight is 624 g/mol. The molecule has 0 radical (unpaired) electrons. The van der Waals surface area contributed by atoms with Gasteiger partial charge in [-0.3, -0.25) is 14.7 Å². The molecule has 3 aromatic rings. The number of halogens is 3. The first-order valence-electron chi connectivity index (χ1n) is 14.5. The Morgan fingerprint density at radius 1 is 1.04 bits per heavy atom. The lowest BCUT2D eigenvalue weighted by Crippen LogP contribution is -2.42. The Labute approximate surface area is 259 Å². The molecule has 0 saturated heterocycles. The van der Waals surface area contributed by atoms with Crippen molar-refractivity contribution in [3.63, 3.8) is 0 Å². The lowest BCUT2D eigenvalue weighted by atomic mass is 9.80. The van der Waals surface area contributed by atoms with Crippen LogP contribution in [0, 0.1) is 0 Å². The fourth-order valence-corrected chi connectivity index (χ4v) is 5.95. The second kappa shape index (κ2) is 11.4. The van der Waals surface area contributed by atoms with Crippen molar-refractivity contribution in [1.82, 2.24) is 0 Å². The van der Waals surface area contributed by atoms with Gasteiger partial charge in [0.05, 0.1) is 43.2 Å². The van der Waals surface area contributed by atoms with Crippen LogP contribution in [0.4, 0.5) is 18.9 Å². The number of amides is 1. The first-order valence-corrected chi connectivity index (χ1v) is 14.5. The molecule has 0 N–H and O–H groups in total. The van der Waals surface area contributed by atoms with Gasteiger partial charge in [-0.2, -0.15) is 13.2 Å². The highest BCUT2D eigenvalue weighted by Crippen LogP contribution is 2.48. The Hall–Kier alpha value is -4.54. The Bertz CT molecular complexity index is 1690. The monoisotopic (exact) mass is 623 g/mol. The standard InChI is InChI=1S/C34H35F3N2O6/c1-7-44-26-15-21-16-32(2,3)38-28(27(21)24-17-33(4,5)45-29(24)26)20-10-13-23(30(40)41)25(14-20)39(31(42)34(35,36)37)18-19-8-11-22(43-6)12-9-19/h8-15H,7,16-18H2,1-6H3,(H,40,41)/p-1. The van der Waals surface area contributed by atoms with Crippen molar-refractivity contribution >= 4 is 23.3 Å². The van der Waals surface area contributed by atoms with Crippen molar-refractivity contribution in [3.05, 3.63) is 81.9 Å². The summed E-state index contributed by atoms with van der Waals surface area (Å²) in [5.41, 5.74) is 1.44. The quantitative estimate of drug-likeness (QED) is 0.332. The number of methoxy groups -OCH3 is 1. The number of carboxylic acids is 1. The zero-order chi connectivity index (χ0) is 32.9. The van der Waals surface area contributed by atoms with Crippen LogP contribution < -0.4 is 24.2 Å². The number of fused-ring (bicyclic) bond motifs is 3. The van der Waals surface area contributed by atoms with Gasteiger partial charge >= 0.3 is 12.1 Å². The molecule has 0 unspecified atom stereocenters. The first kappa shape index (κ1) is 31.9. The summed E-state index contributed by atoms with van der Waals surface area (Å²) in [6, 6.07) is 11.9. The summed E-state index contributed by atoms with van der Waals surface area (Å²) in [6.07, 6.45) is -4.22. The van der Waals surface area contributed by atoms with Crippen LogP contribution in [-0.4, -0.2) is 48.6 Å². The van der Waals surface area contributed by atoms with E-state index in [0.717, 1.165) is 22.8 Å². The number of alkyl halides is 3. The highest BCUT2D eigenvalue weighted by molar-refractivity contribution is 6.17. The average Bonchev–Trinajstić information content (AvgIpc) is 3.29. The summed E-state index contributed by atoms with van der Waals surface area (Å²) in [7, 11) is 1.44. The van der Waals surface area contributed by atoms with E-state index in [9.17, 15) is 27.9 Å². The van der Waals surface area contributed by atoms with E-state index in [1.54, 1.807) is 0 Å². The van der Waals surface area contributed by atoms with E-state index in [1.807, 2.05) is 40.7 Å². The number of hydrogen-bond donors (Lipinski definition) is 0. The van der Waals surface area contributed by atoms with Crippen molar-refractivity contribution in [2.24, 2.45) is 4.99 Å². The molecular formula is C34H34F3N2O6-. The molecule has 2 heterocycles. The number of benzene rings is 3. The molecule has 0 aliphatic carbocycles. The molecule has 11 heteroatoms. The summed E-state index contributed by atoms with van der Waals surface area (Å²) in [6.45, 7) is 9.51. The fraction of sp³-hybridized carbons (Fsp3) is 0.382. The van der Waals surface area contributed by atoms with Crippen molar-refractivity contribution in [3.8, 4) is 17.2 Å². The first-order chi connectivity index (χ1) is 21.0. The Morgan fingerprint density at radius 2 is 1.73 bits per heavy atom. The third-order valence-electron chi connectivity index (χ3n) is 7.75. The smallest absolute Gasteiger partial charge is 0.471 e. The maximum Gasteiger partial charge on any atom is 0.471 e. The lowest BCUT2D eigenvalue weighted by molar-refractivity contribution is -0.254. The molecule has 1 amide bonds. The Morgan fingerprint density at radius 3 is 2.33 bits per heavy atom. The molecule has 2 aliphatic heterocycles. The van der Waals surface area contributed by atoms with Gasteiger partial charge in [0.15, 0.2) is 11.5 Å². The molecule has 0 saturated carbocycles. The Balaban J connectivity index is 1.72. The summed E-state index contributed by atoms with van der Waals surface area (Å²) < 4.78 is 59.3. The van der Waals surface area contributed by atoms with Crippen molar-refractivity contribution in [2.45, 2.75) is 71.3 Å². The minimum Gasteiger partial charge on any atom is -0.545 e. The van der Waals surface area contributed by atoms with E-state index in [-0.39, 0.29) is 0 Å². The summed E-state index contributed by atoms with van der Waals surface area (Å²) in [4.78, 5) is 30.6. The molecule has 238 valence electrons. The van der Waals surface area contributed by atoms with Gasteiger partial charge in [-0.1, -0.05) is 24.3 Å². The van der Waals surface area contributed by atoms with Gasteiger partial charge in [-0.05, 0) is 76.4 Å². The Kier molecular flexibility index (Phi) is 8.10. The summed E-state index contributed by atoms with van der Waals surface area (Å²) in [5.74, 6) is -2.30. The molecule has 0 fully saturated rings. The molecule has 0 bridgehead atoms. The van der Waals surface area contributed by atoms with Crippen LogP contribution in [0.2, 0.25) is 0 Å². The fourth-order valence-electron chi connectivity index (χ4n) is 5.95. The molecule has 8 nitrogen and oxygen atoms in total. The molecule has 5 rings (SSSR count). The van der Waals surface area contributed by atoms with E-state index in [0.29, 0.717) is 58.4 Å². The third kappa shape index (κ3) is 6.34. The van der Waals surface area contributed by atoms with E-state index in [1.165, 1.54) is 43.5 Å². The molecule has 45 heavy (non-hydrogen) atoms. The van der Waals surface area contributed by atoms with Gasteiger partial charge in [0, 0.05) is 28.7 Å². The van der Waals surface area contributed by atoms with Gasteiger partial charge in [-0.15, -0.1) is 0 Å². The minimum atomic E-state index is -5.29. The van der Waals surface area contributed by atoms with Crippen molar-refractivity contribution < 1.29 is 42.1 Å². The number of ether oxygens (including phenoxy) is 3. The molecular weight excluding hydrogens is 589 g/mol. The summed E-state index contributed by atoms with van der Waals surface area (Å²) >= 11 is 0. The lowest BCUT2D eigenvalue weighted by Gasteiger charge is -2.32. The second-order valence-electron chi connectivity index (χ2n) is 12.4. The summed E-state index contributed by atoms with van der Waals surface area (Å²) in [5, 5.41) is 12.2. The number of rotatable bonds is 8. The van der Waals surface area contributed by atoms with Crippen LogP contribution in [0.3, 0.4) is 0 Å². The predicted octanol–water partition coefficient (Wildman–Crippen LogP) is 5.44. The van der Waals surface area contributed by atoms with Crippen LogP contribution in [0.25, 0.3) is 0 Å². The highest BCUT2D eigenvalue weighted by atomic mass is 19.4. The van der Waals surface area contributed by atoms with Crippen molar-refractivity contribution in [1.29, 1.82) is 0 Å². The van der Waals surface area contributed by atoms with Crippen LogP contribution in [0.15, 0.2) is 53.5 Å². The zero-order valence-electron chi connectivity index (χ0n) is 25.9. The van der Waals surface area contributed by atoms with Crippen LogP contribution >= 0.6 is 0 Å². The minimum absolute atomic E-state index is 0.324. The number of carbonyl (C=O) groups is 2. The van der Waals surface area contributed by atoms with Crippen LogP contribution in [0.5, 0.6) is 17.2 Å². The number of nitrogens with zero attached hydrogens (tertiary/aromatic N) is 2. The van der Waals surface area contributed by atoms with E-state index in [4.69, 9.17) is 19.2 Å². The van der Waals surface area contributed by atoms with E-state index < -0.39 is 47.0 Å². The van der Waals surface area contributed by atoms with E-state index >= 15 is 0 Å². The van der Waals surface area contributed by atoms with E-state index in [2.05, 4.69) is 0 Å². The number of carboxylic acid groups (broad SMARTS) is 1. The zero-order valence-corrected chi connectivity index (χ0v) is 25.9. The van der Waals surface area contributed by atoms with Gasteiger partial charge in [-0.25, -0.2) is 0 Å². The molecule has 3 aromatic carbocycles. The van der Waals surface area contributed by atoms with Crippen molar-refractivity contribution in [2.75, 3.05) is 18.6 Å². The number of carbonyl (C=O) groups excluding carboxylic acids is 2. The normalized spacial score (nSPS) is 16.2. The largest absolute Gasteiger partial charge is 0.545 e. The maximum absolute atomic E-state index is 14.0. The number of hydrogen-bond acceptors (Lipinski definition) is 7. The predicted molar refractivity (Wildman–Crippen MR) is 160 cm³/mol. The van der Waals surface area contributed by atoms with Gasteiger partial charge in [0.25, 0.3) is 0 Å². The molecule has 0 spiro atoms. The highest BCUT2D eigenvalue weighted by Gasteiger charge is 2.44. The topological polar surface area (TPSA) is 100 Å². The van der Waals surface area contributed by atoms with Crippen LogP contribution in [0.1, 0.15) is 72.8 Å².